The number of carbonyl (C=O) groups excluding carboxylic acids is 1. The number of amides is 1. The van der Waals surface area contributed by atoms with Gasteiger partial charge in [0.05, 0.1) is 27.2 Å². The lowest BCUT2D eigenvalue weighted by molar-refractivity contribution is -0.122. The van der Waals surface area contributed by atoms with Crippen molar-refractivity contribution in [1.82, 2.24) is 5.32 Å². The standard InChI is InChI=1S/C21H27NO4/c1-5-9-17(16-10-7-6-8-11-16)21(23)22-14-15-12-18(24-2)20(26-4)19(13-15)25-3/h6-8,10-13,17H,5,9,14H2,1-4H3,(H,22,23)/t17-/m1/s1. The van der Waals surface area contributed by atoms with Crippen LogP contribution in [0, 0.1) is 0 Å². The molecule has 140 valence electrons. The minimum Gasteiger partial charge on any atom is -0.493 e. The summed E-state index contributed by atoms with van der Waals surface area (Å²) in [5.41, 5.74) is 1.92. The maximum absolute atomic E-state index is 12.7. The average molecular weight is 357 g/mol. The lowest BCUT2D eigenvalue weighted by Crippen LogP contribution is -2.29. The molecule has 2 aromatic carbocycles. The highest BCUT2D eigenvalue weighted by molar-refractivity contribution is 5.83. The molecule has 5 nitrogen and oxygen atoms in total. The maximum Gasteiger partial charge on any atom is 0.227 e. The molecule has 0 bridgehead atoms. The smallest absolute Gasteiger partial charge is 0.227 e. The molecule has 0 fully saturated rings. The van der Waals surface area contributed by atoms with Crippen molar-refractivity contribution in [1.29, 1.82) is 0 Å². The van der Waals surface area contributed by atoms with Gasteiger partial charge in [0, 0.05) is 6.54 Å². The van der Waals surface area contributed by atoms with Gasteiger partial charge in [-0.1, -0.05) is 43.7 Å². The first kappa shape index (κ1) is 19.6. The number of methoxy groups -OCH3 is 3. The summed E-state index contributed by atoms with van der Waals surface area (Å²) in [7, 11) is 4.72. The molecule has 0 saturated heterocycles. The summed E-state index contributed by atoms with van der Waals surface area (Å²) in [6, 6.07) is 13.6. The number of benzene rings is 2. The SMILES string of the molecule is CCC[C@@H](C(=O)NCc1cc(OC)c(OC)c(OC)c1)c1ccccc1. The fourth-order valence-electron chi connectivity index (χ4n) is 2.97. The Bertz CT molecular complexity index is 690. The van der Waals surface area contributed by atoms with Gasteiger partial charge in [-0.2, -0.15) is 0 Å². The zero-order valence-electron chi connectivity index (χ0n) is 15.9. The molecule has 1 N–H and O–H groups in total. The zero-order chi connectivity index (χ0) is 18.9. The van der Waals surface area contributed by atoms with E-state index < -0.39 is 0 Å². The minimum atomic E-state index is -0.150. The largest absolute Gasteiger partial charge is 0.493 e. The highest BCUT2D eigenvalue weighted by Gasteiger charge is 2.20. The molecule has 0 aliphatic heterocycles. The van der Waals surface area contributed by atoms with Gasteiger partial charge in [0.2, 0.25) is 11.7 Å². The van der Waals surface area contributed by atoms with Crippen LogP contribution in [0.4, 0.5) is 0 Å². The summed E-state index contributed by atoms with van der Waals surface area (Å²) in [5.74, 6) is 1.56. The Hall–Kier alpha value is -2.69. The molecule has 0 unspecified atom stereocenters. The third-order valence-corrected chi connectivity index (χ3v) is 4.29. The molecule has 0 heterocycles. The van der Waals surface area contributed by atoms with E-state index in [2.05, 4.69) is 12.2 Å². The highest BCUT2D eigenvalue weighted by Crippen LogP contribution is 2.38. The maximum atomic E-state index is 12.7. The second kappa shape index (κ2) is 9.70. The van der Waals surface area contributed by atoms with Crippen LogP contribution in [-0.4, -0.2) is 27.2 Å². The topological polar surface area (TPSA) is 56.8 Å². The van der Waals surface area contributed by atoms with Crippen LogP contribution in [-0.2, 0) is 11.3 Å². The summed E-state index contributed by atoms with van der Waals surface area (Å²) in [6.45, 7) is 2.48. The summed E-state index contributed by atoms with van der Waals surface area (Å²) in [5, 5.41) is 3.03. The van der Waals surface area contributed by atoms with Crippen molar-refractivity contribution >= 4 is 5.91 Å². The number of ether oxygens (including phenoxy) is 3. The van der Waals surface area contributed by atoms with E-state index in [0.29, 0.717) is 23.8 Å². The first-order chi connectivity index (χ1) is 12.6. The van der Waals surface area contributed by atoms with Gasteiger partial charge >= 0.3 is 0 Å². The summed E-state index contributed by atoms with van der Waals surface area (Å²) in [4.78, 5) is 12.7. The van der Waals surface area contributed by atoms with Gasteiger partial charge < -0.3 is 19.5 Å². The highest BCUT2D eigenvalue weighted by atomic mass is 16.5. The Labute approximate surface area is 155 Å². The van der Waals surface area contributed by atoms with E-state index in [1.54, 1.807) is 21.3 Å². The van der Waals surface area contributed by atoms with E-state index in [0.717, 1.165) is 24.0 Å². The first-order valence-corrected chi connectivity index (χ1v) is 8.76. The quantitative estimate of drug-likeness (QED) is 0.739. The summed E-state index contributed by atoms with van der Waals surface area (Å²) < 4.78 is 16.1. The van der Waals surface area contributed by atoms with Crippen LogP contribution >= 0.6 is 0 Å². The van der Waals surface area contributed by atoms with Gasteiger partial charge in [0.15, 0.2) is 11.5 Å². The van der Waals surface area contributed by atoms with Crippen molar-refractivity contribution in [3.05, 3.63) is 53.6 Å². The molecule has 1 amide bonds. The second-order valence-corrected chi connectivity index (χ2v) is 6.00. The van der Waals surface area contributed by atoms with Gasteiger partial charge in [-0.25, -0.2) is 0 Å². The van der Waals surface area contributed by atoms with E-state index in [9.17, 15) is 4.79 Å². The average Bonchev–Trinajstić information content (AvgIpc) is 2.69. The van der Waals surface area contributed by atoms with E-state index in [1.807, 2.05) is 42.5 Å². The number of hydrogen-bond donors (Lipinski definition) is 1. The van der Waals surface area contributed by atoms with Crippen molar-refractivity contribution in [2.75, 3.05) is 21.3 Å². The molecule has 0 aliphatic rings. The lowest BCUT2D eigenvalue weighted by Gasteiger charge is -2.18. The Morgan fingerprint density at radius 2 is 1.62 bits per heavy atom. The molecule has 0 radical (unpaired) electrons. The van der Waals surface area contributed by atoms with Crippen LogP contribution in [0.15, 0.2) is 42.5 Å². The molecule has 0 aliphatic carbocycles. The molecule has 5 heteroatoms. The molecular weight excluding hydrogens is 330 g/mol. The summed E-state index contributed by atoms with van der Waals surface area (Å²) >= 11 is 0. The van der Waals surface area contributed by atoms with Crippen LogP contribution in [0.5, 0.6) is 17.2 Å². The molecule has 1 atom stereocenters. The lowest BCUT2D eigenvalue weighted by atomic mass is 9.93. The van der Waals surface area contributed by atoms with E-state index >= 15 is 0 Å². The molecule has 2 rings (SSSR count). The van der Waals surface area contributed by atoms with E-state index in [-0.39, 0.29) is 11.8 Å². The van der Waals surface area contributed by atoms with Crippen molar-refractivity contribution in [2.24, 2.45) is 0 Å². The fraction of sp³-hybridized carbons (Fsp3) is 0.381. The molecule has 0 saturated carbocycles. The third-order valence-electron chi connectivity index (χ3n) is 4.29. The molecule has 2 aromatic rings. The van der Waals surface area contributed by atoms with Crippen LogP contribution < -0.4 is 19.5 Å². The predicted octanol–water partition coefficient (Wildman–Crippen LogP) is 3.91. The van der Waals surface area contributed by atoms with Gasteiger partial charge in [0.1, 0.15) is 0 Å². The number of carbonyl (C=O) groups is 1. The van der Waals surface area contributed by atoms with Crippen molar-refractivity contribution in [3.8, 4) is 17.2 Å². The van der Waals surface area contributed by atoms with Gasteiger partial charge in [-0.3, -0.25) is 4.79 Å². The molecule has 0 aromatic heterocycles. The van der Waals surface area contributed by atoms with E-state index in [4.69, 9.17) is 14.2 Å². The second-order valence-electron chi connectivity index (χ2n) is 6.00. The van der Waals surface area contributed by atoms with Gasteiger partial charge in [-0.15, -0.1) is 0 Å². The Morgan fingerprint density at radius 1 is 1.00 bits per heavy atom. The van der Waals surface area contributed by atoms with Crippen molar-refractivity contribution < 1.29 is 19.0 Å². The third kappa shape index (κ3) is 4.69. The van der Waals surface area contributed by atoms with Crippen LogP contribution in [0.25, 0.3) is 0 Å². The van der Waals surface area contributed by atoms with Crippen LogP contribution in [0.2, 0.25) is 0 Å². The summed E-state index contributed by atoms with van der Waals surface area (Å²) in [6.07, 6.45) is 1.75. The fourth-order valence-corrected chi connectivity index (χ4v) is 2.97. The molecular formula is C21H27NO4. The minimum absolute atomic E-state index is 0.0202. The number of nitrogens with one attached hydrogen (secondary N) is 1. The van der Waals surface area contributed by atoms with E-state index in [1.165, 1.54) is 0 Å². The number of hydrogen-bond acceptors (Lipinski definition) is 4. The Kier molecular flexibility index (Phi) is 7.33. The van der Waals surface area contributed by atoms with Crippen LogP contribution in [0.1, 0.15) is 36.8 Å². The molecule has 26 heavy (non-hydrogen) atoms. The Balaban J connectivity index is 2.15. The van der Waals surface area contributed by atoms with Gasteiger partial charge in [-0.05, 0) is 29.7 Å². The predicted molar refractivity (Wildman–Crippen MR) is 102 cm³/mol. The number of rotatable bonds is 9. The zero-order valence-corrected chi connectivity index (χ0v) is 15.9. The van der Waals surface area contributed by atoms with Crippen molar-refractivity contribution in [2.45, 2.75) is 32.2 Å². The van der Waals surface area contributed by atoms with Crippen LogP contribution in [0.3, 0.4) is 0 Å². The molecule has 0 spiro atoms. The van der Waals surface area contributed by atoms with Crippen molar-refractivity contribution in [3.63, 3.8) is 0 Å². The Morgan fingerprint density at radius 3 is 2.12 bits per heavy atom. The monoisotopic (exact) mass is 357 g/mol. The first-order valence-electron chi connectivity index (χ1n) is 8.76. The van der Waals surface area contributed by atoms with Gasteiger partial charge in [0.25, 0.3) is 0 Å². The normalized spacial score (nSPS) is 11.5.